The number of fused-ring (bicyclic) bond motifs is 1. The minimum atomic E-state index is 0.404. The lowest BCUT2D eigenvalue weighted by Gasteiger charge is -2.28. The smallest absolute Gasteiger partial charge is 0.151 e. The molecule has 0 unspecified atom stereocenters. The van der Waals surface area contributed by atoms with Crippen LogP contribution in [0.4, 0.5) is 11.6 Å². The number of nitrogen functional groups attached to an aromatic ring is 1. The maximum absolute atomic E-state index is 6.09. The first-order chi connectivity index (χ1) is 13.1. The summed E-state index contributed by atoms with van der Waals surface area (Å²) in [5.41, 5.74) is 10.3. The molecule has 142 valence electrons. The lowest BCUT2D eigenvalue weighted by atomic mass is 10.1. The molecular formula is C19H26N8. The normalized spacial score (nSPS) is 16.1. The van der Waals surface area contributed by atoms with Crippen LogP contribution >= 0.6 is 0 Å². The van der Waals surface area contributed by atoms with Gasteiger partial charge in [0.25, 0.3) is 0 Å². The first kappa shape index (κ1) is 17.7. The van der Waals surface area contributed by atoms with Gasteiger partial charge in [0.1, 0.15) is 16.9 Å². The van der Waals surface area contributed by atoms with Crippen LogP contribution in [-0.4, -0.2) is 56.8 Å². The Bertz CT molecular complexity index is 956. The summed E-state index contributed by atoms with van der Waals surface area (Å²) < 4.78 is 2.08. The topological polar surface area (TPSA) is 97.8 Å². The Morgan fingerprint density at radius 3 is 2.67 bits per heavy atom. The molecule has 4 rings (SSSR count). The molecule has 0 bridgehead atoms. The minimum Gasteiger partial charge on any atom is -0.382 e. The van der Waals surface area contributed by atoms with Crippen LogP contribution in [-0.2, 0) is 6.42 Å². The highest BCUT2D eigenvalue weighted by Gasteiger charge is 2.20. The summed E-state index contributed by atoms with van der Waals surface area (Å²) >= 11 is 0. The highest BCUT2D eigenvalue weighted by molar-refractivity contribution is 5.96. The first-order valence-corrected chi connectivity index (χ1v) is 9.46. The molecule has 8 nitrogen and oxygen atoms in total. The molecule has 3 aromatic rings. The van der Waals surface area contributed by atoms with Gasteiger partial charge >= 0.3 is 0 Å². The van der Waals surface area contributed by atoms with Crippen LogP contribution in [0.1, 0.15) is 31.5 Å². The second-order valence-electron chi connectivity index (χ2n) is 7.12. The number of nitrogens with two attached hydrogens (primary N) is 1. The van der Waals surface area contributed by atoms with Crippen LogP contribution < -0.4 is 11.1 Å². The van der Waals surface area contributed by atoms with Crippen LogP contribution in [0.2, 0.25) is 0 Å². The highest BCUT2D eigenvalue weighted by Crippen LogP contribution is 2.31. The zero-order valence-electron chi connectivity index (χ0n) is 16.1. The van der Waals surface area contributed by atoms with Crippen molar-refractivity contribution < 1.29 is 0 Å². The molecule has 1 aliphatic heterocycles. The molecule has 4 heterocycles. The third kappa shape index (κ3) is 3.21. The number of rotatable bonds is 4. The van der Waals surface area contributed by atoms with Gasteiger partial charge in [0.05, 0.1) is 17.9 Å². The average Bonchev–Trinajstić information content (AvgIpc) is 3.17. The number of piperidine rings is 1. The molecule has 27 heavy (non-hydrogen) atoms. The van der Waals surface area contributed by atoms with Crippen molar-refractivity contribution in [3.63, 3.8) is 0 Å². The maximum atomic E-state index is 6.09. The number of aryl methyl sites for hydroxylation is 1. The van der Waals surface area contributed by atoms with E-state index in [0.29, 0.717) is 17.4 Å². The van der Waals surface area contributed by atoms with E-state index >= 15 is 0 Å². The van der Waals surface area contributed by atoms with Gasteiger partial charge in [-0.25, -0.2) is 15.0 Å². The Balaban J connectivity index is 1.77. The number of anilines is 2. The number of hydrogen-bond acceptors (Lipinski definition) is 7. The zero-order valence-corrected chi connectivity index (χ0v) is 16.1. The van der Waals surface area contributed by atoms with Crippen molar-refractivity contribution in [3.8, 4) is 11.1 Å². The molecule has 0 spiro atoms. The molecule has 0 amide bonds. The molecule has 0 aliphatic carbocycles. The number of pyridine rings is 1. The molecule has 0 atom stereocenters. The summed E-state index contributed by atoms with van der Waals surface area (Å²) in [4.78, 5) is 16.2. The molecule has 0 saturated carbocycles. The summed E-state index contributed by atoms with van der Waals surface area (Å²) in [5, 5.41) is 7.76. The van der Waals surface area contributed by atoms with Crippen molar-refractivity contribution in [1.29, 1.82) is 0 Å². The number of hydrogen-bond donors (Lipinski definition) is 2. The SMILES string of the molecule is CCc1nc2c(N)ncc(-c3cnn(C4CCN(C)CC4)c3)c2nc1NC. The number of nitrogens with zero attached hydrogens (tertiary/aromatic N) is 6. The summed E-state index contributed by atoms with van der Waals surface area (Å²) in [7, 11) is 4.02. The van der Waals surface area contributed by atoms with Crippen molar-refractivity contribution in [3.05, 3.63) is 24.3 Å². The van der Waals surface area contributed by atoms with Crippen molar-refractivity contribution in [2.45, 2.75) is 32.2 Å². The maximum Gasteiger partial charge on any atom is 0.151 e. The van der Waals surface area contributed by atoms with Gasteiger partial charge in [0, 0.05) is 30.6 Å². The van der Waals surface area contributed by atoms with Crippen LogP contribution in [0.5, 0.6) is 0 Å². The lowest BCUT2D eigenvalue weighted by molar-refractivity contribution is 0.212. The minimum absolute atomic E-state index is 0.404. The lowest BCUT2D eigenvalue weighted by Crippen LogP contribution is -2.31. The molecule has 0 radical (unpaired) electrons. The van der Waals surface area contributed by atoms with Gasteiger partial charge in [-0.05, 0) is 39.4 Å². The highest BCUT2D eigenvalue weighted by atomic mass is 15.3. The second kappa shape index (κ2) is 7.11. The van der Waals surface area contributed by atoms with E-state index in [9.17, 15) is 0 Å². The van der Waals surface area contributed by atoms with E-state index in [1.807, 2.05) is 13.2 Å². The van der Waals surface area contributed by atoms with Gasteiger partial charge in [-0.15, -0.1) is 0 Å². The molecule has 3 aromatic heterocycles. The monoisotopic (exact) mass is 366 g/mol. The predicted octanol–water partition coefficient (Wildman–Crippen LogP) is 2.34. The third-order valence-electron chi connectivity index (χ3n) is 5.34. The average molecular weight is 366 g/mol. The molecule has 0 aromatic carbocycles. The molecule has 3 N–H and O–H groups in total. The molecule has 8 heteroatoms. The van der Waals surface area contributed by atoms with Crippen LogP contribution in [0, 0.1) is 0 Å². The van der Waals surface area contributed by atoms with Gasteiger partial charge in [-0.3, -0.25) is 4.68 Å². The number of aromatic nitrogens is 5. The standard InChI is InChI=1S/C19H26N8/c1-4-15-19(21-2)25-16-14(10-22-18(20)17(16)24-15)12-9-23-27(11-12)13-5-7-26(3)8-6-13/h9-11,13H,4-8H2,1-3H3,(H2,20,22)(H,21,25). The quantitative estimate of drug-likeness (QED) is 0.731. The molecular weight excluding hydrogens is 340 g/mol. The Morgan fingerprint density at radius 2 is 1.96 bits per heavy atom. The number of likely N-dealkylation sites (tertiary alicyclic amines) is 1. The van der Waals surface area contributed by atoms with Crippen molar-refractivity contribution >= 4 is 22.7 Å². The van der Waals surface area contributed by atoms with Gasteiger partial charge in [0.2, 0.25) is 0 Å². The number of nitrogens with one attached hydrogen (secondary N) is 1. The molecule has 1 aliphatic rings. The van der Waals surface area contributed by atoms with Crippen molar-refractivity contribution in [2.75, 3.05) is 38.2 Å². The summed E-state index contributed by atoms with van der Waals surface area (Å²) in [6, 6.07) is 0.439. The Morgan fingerprint density at radius 1 is 1.19 bits per heavy atom. The van der Waals surface area contributed by atoms with E-state index in [2.05, 4.69) is 45.1 Å². The largest absolute Gasteiger partial charge is 0.382 e. The Hall–Kier alpha value is -2.74. The van der Waals surface area contributed by atoms with E-state index in [1.165, 1.54) is 0 Å². The summed E-state index contributed by atoms with van der Waals surface area (Å²) in [6.07, 6.45) is 8.75. The van der Waals surface area contributed by atoms with E-state index in [1.54, 1.807) is 6.20 Å². The summed E-state index contributed by atoms with van der Waals surface area (Å²) in [5.74, 6) is 1.18. The van der Waals surface area contributed by atoms with Gasteiger partial charge in [-0.1, -0.05) is 6.92 Å². The summed E-state index contributed by atoms with van der Waals surface area (Å²) in [6.45, 7) is 4.25. The van der Waals surface area contributed by atoms with Gasteiger partial charge < -0.3 is 16.0 Å². The van der Waals surface area contributed by atoms with Crippen LogP contribution in [0.15, 0.2) is 18.6 Å². The molecule has 1 fully saturated rings. The van der Waals surface area contributed by atoms with Crippen LogP contribution in [0.25, 0.3) is 22.2 Å². The van der Waals surface area contributed by atoms with E-state index in [-0.39, 0.29) is 0 Å². The van der Waals surface area contributed by atoms with E-state index in [0.717, 1.165) is 60.5 Å². The molecule has 1 saturated heterocycles. The van der Waals surface area contributed by atoms with Crippen LogP contribution in [0.3, 0.4) is 0 Å². The van der Waals surface area contributed by atoms with Gasteiger partial charge in [0.15, 0.2) is 5.82 Å². The zero-order chi connectivity index (χ0) is 19.0. The van der Waals surface area contributed by atoms with Gasteiger partial charge in [-0.2, -0.15) is 5.10 Å². The Labute approximate surface area is 158 Å². The Kier molecular flexibility index (Phi) is 4.65. The first-order valence-electron chi connectivity index (χ1n) is 9.46. The van der Waals surface area contributed by atoms with E-state index < -0.39 is 0 Å². The second-order valence-corrected chi connectivity index (χ2v) is 7.12. The fraction of sp³-hybridized carbons (Fsp3) is 0.474. The predicted molar refractivity (Wildman–Crippen MR) is 108 cm³/mol. The fourth-order valence-corrected chi connectivity index (χ4v) is 3.69. The fourth-order valence-electron chi connectivity index (χ4n) is 3.69. The van der Waals surface area contributed by atoms with Crippen molar-refractivity contribution in [1.82, 2.24) is 29.6 Å². The van der Waals surface area contributed by atoms with Crippen molar-refractivity contribution in [2.24, 2.45) is 0 Å². The third-order valence-corrected chi connectivity index (χ3v) is 5.34. The van der Waals surface area contributed by atoms with E-state index in [4.69, 9.17) is 15.7 Å².